The molecule has 0 bridgehead atoms. The SMILES string of the molecule is O=S(=O)(O)c1cc(O)c2c(O)c(/N=N/c3c(O)c(S(=O)(=O)O)cc4cc(S(=O)(=O)O)cc(O)c34)c(S(=O)(=O)O)cc2c1. The Morgan fingerprint density at radius 2 is 0.857 bits per heavy atom. The summed E-state index contributed by atoms with van der Waals surface area (Å²) in [4.78, 5) is -4.54. The molecule has 0 heterocycles. The van der Waals surface area contributed by atoms with Crippen molar-refractivity contribution in [2.24, 2.45) is 10.2 Å². The molecule has 0 aromatic heterocycles. The Kier molecular flexibility index (Phi) is 7.11. The van der Waals surface area contributed by atoms with Gasteiger partial charge >= 0.3 is 0 Å². The fourth-order valence-electron chi connectivity index (χ4n) is 3.86. The molecule has 42 heavy (non-hydrogen) atoms. The van der Waals surface area contributed by atoms with Crippen LogP contribution >= 0.6 is 0 Å². The summed E-state index contributed by atoms with van der Waals surface area (Å²) in [6.07, 6.45) is 0. The van der Waals surface area contributed by atoms with Gasteiger partial charge in [0.25, 0.3) is 40.5 Å². The van der Waals surface area contributed by atoms with Gasteiger partial charge in [-0.25, -0.2) is 0 Å². The summed E-state index contributed by atoms with van der Waals surface area (Å²) in [6, 6.07) is 3.10. The second-order valence-corrected chi connectivity index (χ2v) is 13.9. The van der Waals surface area contributed by atoms with Crippen molar-refractivity contribution in [1.29, 1.82) is 0 Å². The molecule has 4 aromatic rings. The summed E-state index contributed by atoms with van der Waals surface area (Å²) >= 11 is 0. The van der Waals surface area contributed by atoms with Crippen LogP contribution in [0.2, 0.25) is 0 Å². The first kappa shape index (κ1) is 30.8. The molecular weight excluding hydrogens is 652 g/mol. The molecule has 0 aliphatic carbocycles. The lowest BCUT2D eigenvalue weighted by Crippen LogP contribution is -2.01. The van der Waals surface area contributed by atoms with Crippen molar-refractivity contribution in [1.82, 2.24) is 0 Å². The van der Waals surface area contributed by atoms with Crippen LogP contribution in [-0.4, -0.2) is 72.3 Å². The van der Waals surface area contributed by atoms with Crippen molar-refractivity contribution < 1.29 is 72.3 Å². The lowest BCUT2D eigenvalue weighted by Gasteiger charge is -2.13. The van der Waals surface area contributed by atoms with Gasteiger partial charge in [0.2, 0.25) is 0 Å². The monoisotopic (exact) mass is 666 g/mol. The molecule has 0 saturated carbocycles. The lowest BCUT2D eigenvalue weighted by molar-refractivity contribution is 0.443. The maximum absolute atomic E-state index is 12.1. The molecule has 18 nitrogen and oxygen atoms in total. The number of rotatable bonds is 6. The van der Waals surface area contributed by atoms with Crippen LogP contribution in [-0.2, 0) is 40.5 Å². The average molecular weight is 667 g/mol. The van der Waals surface area contributed by atoms with E-state index in [2.05, 4.69) is 10.2 Å². The lowest BCUT2D eigenvalue weighted by atomic mass is 10.1. The van der Waals surface area contributed by atoms with E-state index in [-0.39, 0.29) is 0 Å². The number of benzene rings is 4. The Bertz CT molecular complexity index is 2330. The summed E-state index contributed by atoms with van der Waals surface area (Å²) in [5, 5.41) is 46.3. The zero-order chi connectivity index (χ0) is 31.7. The predicted octanol–water partition coefficient (Wildman–Crippen LogP) is 2.22. The van der Waals surface area contributed by atoms with Gasteiger partial charge in [0.1, 0.15) is 32.7 Å². The second-order valence-electron chi connectivity index (χ2n) is 8.33. The zero-order valence-corrected chi connectivity index (χ0v) is 23.1. The van der Waals surface area contributed by atoms with Crippen molar-refractivity contribution >= 4 is 73.4 Å². The maximum atomic E-state index is 12.1. The Labute approximate surface area is 234 Å². The molecule has 22 heteroatoms. The number of phenols is 4. The molecule has 0 aliphatic heterocycles. The third-order valence-corrected chi connectivity index (χ3v) is 9.00. The number of hydrogen-bond donors (Lipinski definition) is 8. The molecule has 0 amide bonds. The van der Waals surface area contributed by atoms with Crippen molar-refractivity contribution in [2.75, 3.05) is 0 Å². The van der Waals surface area contributed by atoms with Crippen LogP contribution in [0.4, 0.5) is 11.4 Å². The summed E-state index contributed by atoms with van der Waals surface area (Å²) in [6.45, 7) is 0. The van der Waals surface area contributed by atoms with E-state index in [0.29, 0.717) is 36.4 Å². The number of azo groups is 1. The van der Waals surface area contributed by atoms with E-state index in [0.717, 1.165) is 0 Å². The molecule has 0 radical (unpaired) electrons. The van der Waals surface area contributed by atoms with Crippen LogP contribution in [0.5, 0.6) is 23.0 Å². The molecule has 4 aromatic carbocycles. The van der Waals surface area contributed by atoms with Crippen LogP contribution in [0.25, 0.3) is 21.5 Å². The first-order valence-corrected chi connectivity index (χ1v) is 16.1. The Hall–Kier alpha value is -4.16. The normalized spacial score (nSPS) is 13.3. The molecule has 224 valence electrons. The Morgan fingerprint density at radius 3 is 1.31 bits per heavy atom. The largest absolute Gasteiger partial charge is 0.507 e. The topological polar surface area (TPSA) is 323 Å². The molecule has 0 aliphatic rings. The van der Waals surface area contributed by atoms with Crippen LogP contribution in [0.15, 0.2) is 66.2 Å². The minimum absolute atomic E-state index is 0.450. The van der Waals surface area contributed by atoms with Crippen molar-refractivity contribution in [3.05, 3.63) is 36.4 Å². The number of aromatic hydroxyl groups is 4. The van der Waals surface area contributed by atoms with E-state index in [1.54, 1.807) is 0 Å². The van der Waals surface area contributed by atoms with Gasteiger partial charge in [-0.2, -0.15) is 33.7 Å². The van der Waals surface area contributed by atoms with E-state index < -0.39 is 116 Å². The van der Waals surface area contributed by atoms with Gasteiger partial charge in [0.15, 0.2) is 11.5 Å². The standard InChI is InChI=1S/C20H14N2O16S4/c23-11-5-9(39(27,28)29)1-7-4-14(42(36,37)38)19(25)18(15(7)11)22-21-17-13(41(33,34)35)3-8-2-10(40(30,31)32)6-12(24)16(8)20(17)26/h1-6,23-26H,(H,27,28,29)(H,30,31,32)(H,33,34,35)(H,36,37,38)/b22-21+. The summed E-state index contributed by atoms with van der Waals surface area (Å²) in [5.74, 6) is -4.83. The van der Waals surface area contributed by atoms with Crippen molar-refractivity contribution in [3.63, 3.8) is 0 Å². The molecule has 0 saturated heterocycles. The van der Waals surface area contributed by atoms with Crippen LogP contribution in [0, 0.1) is 0 Å². The number of fused-ring (bicyclic) bond motifs is 2. The van der Waals surface area contributed by atoms with Crippen LogP contribution in [0.3, 0.4) is 0 Å². The molecule has 0 unspecified atom stereocenters. The molecule has 0 fully saturated rings. The fraction of sp³-hybridized carbons (Fsp3) is 0. The highest BCUT2D eigenvalue weighted by atomic mass is 32.2. The van der Waals surface area contributed by atoms with Gasteiger partial charge in [0, 0.05) is 12.1 Å². The highest BCUT2D eigenvalue weighted by molar-refractivity contribution is 7.86. The minimum atomic E-state index is -5.38. The minimum Gasteiger partial charge on any atom is -0.507 e. The van der Waals surface area contributed by atoms with Gasteiger partial charge in [0.05, 0.1) is 20.6 Å². The second kappa shape index (κ2) is 9.70. The van der Waals surface area contributed by atoms with E-state index in [4.69, 9.17) is 0 Å². The van der Waals surface area contributed by atoms with Gasteiger partial charge in [-0.1, -0.05) is 0 Å². The molecule has 0 atom stereocenters. The third-order valence-electron chi connectivity index (χ3n) is 5.61. The van der Waals surface area contributed by atoms with Crippen LogP contribution < -0.4 is 0 Å². The predicted molar refractivity (Wildman–Crippen MR) is 138 cm³/mol. The highest BCUT2D eigenvalue weighted by Gasteiger charge is 2.28. The maximum Gasteiger partial charge on any atom is 0.298 e. The van der Waals surface area contributed by atoms with E-state index in [9.17, 15) is 72.3 Å². The van der Waals surface area contributed by atoms with Gasteiger partial charge in [-0.05, 0) is 35.0 Å². The number of phenolic OH excluding ortho intramolecular Hbond substituents is 4. The zero-order valence-electron chi connectivity index (χ0n) is 19.8. The molecule has 0 spiro atoms. The summed E-state index contributed by atoms with van der Waals surface area (Å²) in [7, 11) is -20.7. The van der Waals surface area contributed by atoms with Gasteiger partial charge in [-0.15, -0.1) is 10.2 Å². The molecule has 4 rings (SSSR count). The molecule has 8 N–H and O–H groups in total. The third kappa shape index (κ3) is 5.51. The van der Waals surface area contributed by atoms with Crippen molar-refractivity contribution in [2.45, 2.75) is 19.6 Å². The Balaban J connectivity index is 2.14. The Morgan fingerprint density at radius 1 is 0.452 bits per heavy atom. The van der Waals surface area contributed by atoms with E-state index >= 15 is 0 Å². The smallest absolute Gasteiger partial charge is 0.298 e. The highest BCUT2D eigenvalue weighted by Crippen LogP contribution is 2.49. The van der Waals surface area contributed by atoms with E-state index in [1.165, 1.54) is 0 Å². The summed E-state index contributed by atoms with van der Waals surface area (Å²) in [5.41, 5.74) is -2.27. The number of hydrogen-bond acceptors (Lipinski definition) is 14. The number of nitrogens with zero attached hydrogens (tertiary/aromatic N) is 2. The van der Waals surface area contributed by atoms with Crippen LogP contribution in [0.1, 0.15) is 0 Å². The quantitative estimate of drug-likeness (QED) is 0.108. The molecular formula is C20H14N2O16S4. The van der Waals surface area contributed by atoms with E-state index in [1.807, 2.05) is 0 Å². The van der Waals surface area contributed by atoms with Gasteiger partial charge in [-0.3, -0.25) is 18.2 Å². The first-order chi connectivity index (χ1) is 19.0. The van der Waals surface area contributed by atoms with Gasteiger partial charge < -0.3 is 20.4 Å². The average Bonchev–Trinajstić information content (AvgIpc) is 2.81. The summed E-state index contributed by atoms with van der Waals surface area (Å²) < 4.78 is 132. The fourth-order valence-corrected chi connectivity index (χ4v) is 6.21. The first-order valence-electron chi connectivity index (χ1n) is 10.4. The van der Waals surface area contributed by atoms with Crippen molar-refractivity contribution in [3.8, 4) is 23.0 Å².